The Balaban J connectivity index is 2.98. The smallest absolute Gasteiger partial charge is 0.323 e. The first kappa shape index (κ1) is 13.9. The summed E-state index contributed by atoms with van der Waals surface area (Å²) in [5.74, 6) is -0.694. The Morgan fingerprint density at radius 1 is 1.65 bits per heavy atom. The van der Waals surface area contributed by atoms with Crippen molar-refractivity contribution in [3.05, 3.63) is 11.5 Å². The number of aromatic nitrogens is 2. The van der Waals surface area contributed by atoms with E-state index < -0.39 is 22.0 Å². The molecule has 17 heavy (non-hydrogen) atoms. The maximum absolute atomic E-state index is 11.8. The maximum atomic E-state index is 11.8. The molecule has 1 N–H and O–H groups in total. The lowest BCUT2D eigenvalue weighted by Crippen LogP contribution is -2.39. The van der Waals surface area contributed by atoms with Gasteiger partial charge >= 0.3 is 5.97 Å². The molecule has 0 aliphatic heterocycles. The van der Waals surface area contributed by atoms with Gasteiger partial charge in [0.1, 0.15) is 11.2 Å². The van der Waals surface area contributed by atoms with E-state index in [0.717, 1.165) is 0 Å². The number of sulfonamides is 1. The topological polar surface area (TPSA) is 90.3 Å². The van der Waals surface area contributed by atoms with E-state index in [-0.39, 0.29) is 10.2 Å². The second-order valence-electron chi connectivity index (χ2n) is 3.32. The van der Waals surface area contributed by atoms with Crippen molar-refractivity contribution in [2.75, 3.05) is 7.11 Å². The molecular formula is C8H12ClN3O4S. The quantitative estimate of drug-likeness (QED) is 0.779. The Hall–Kier alpha value is -1.12. The molecule has 0 spiro atoms. The molecule has 0 bridgehead atoms. The van der Waals surface area contributed by atoms with Crippen LogP contribution in [0.25, 0.3) is 0 Å². The number of ether oxygens (including phenoxy) is 1. The van der Waals surface area contributed by atoms with Gasteiger partial charge in [0.2, 0.25) is 5.03 Å². The van der Waals surface area contributed by atoms with Crippen LogP contribution in [-0.4, -0.2) is 37.1 Å². The van der Waals surface area contributed by atoms with E-state index in [9.17, 15) is 13.2 Å². The summed E-state index contributed by atoms with van der Waals surface area (Å²) in [6, 6.07) is -1.01. The fourth-order valence-electron chi connectivity index (χ4n) is 1.09. The number of aryl methyl sites for hydroxylation is 1. The molecular weight excluding hydrogens is 270 g/mol. The van der Waals surface area contributed by atoms with Gasteiger partial charge in [0.25, 0.3) is 10.0 Å². The van der Waals surface area contributed by atoms with Crippen molar-refractivity contribution < 1.29 is 17.9 Å². The standard InChI is InChI=1S/C8H12ClN3O4S/c1-5(8(13)16-3)11-17(14,15)7-6(9)12(2)4-10-7/h4-5,11H,1-3H3/t5-/m0/s1. The molecule has 0 saturated carbocycles. The van der Waals surface area contributed by atoms with Crippen molar-refractivity contribution in [3.63, 3.8) is 0 Å². The monoisotopic (exact) mass is 281 g/mol. The number of carbonyl (C=O) groups is 1. The number of nitrogens with zero attached hydrogens (tertiary/aromatic N) is 2. The van der Waals surface area contributed by atoms with Gasteiger partial charge in [-0.2, -0.15) is 4.72 Å². The molecule has 1 rings (SSSR count). The zero-order valence-electron chi connectivity index (χ0n) is 9.47. The molecule has 0 aromatic carbocycles. The van der Waals surface area contributed by atoms with E-state index in [1.165, 1.54) is 24.9 Å². The van der Waals surface area contributed by atoms with Crippen LogP contribution in [0.5, 0.6) is 0 Å². The van der Waals surface area contributed by atoms with Crippen molar-refractivity contribution in [3.8, 4) is 0 Å². The lowest BCUT2D eigenvalue weighted by molar-refractivity contribution is -0.142. The Morgan fingerprint density at radius 2 is 2.24 bits per heavy atom. The first-order valence-electron chi connectivity index (χ1n) is 4.56. The molecule has 1 aromatic rings. The minimum atomic E-state index is -3.94. The zero-order chi connectivity index (χ0) is 13.2. The Bertz CT molecular complexity index is 525. The first-order chi connectivity index (χ1) is 7.79. The number of esters is 1. The highest BCUT2D eigenvalue weighted by molar-refractivity contribution is 7.89. The summed E-state index contributed by atoms with van der Waals surface area (Å²) in [6.45, 7) is 1.36. The van der Waals surface area contributed by atoms with Gasteiger partial charge < -0.3 is 9.30 Å². The van der Waals surface area contributed by atoms with Crippen molar-refractivity contribution in [1.29, 1.82) is 0 Å². The molecule has 9 heteroatoms. The van der Waals surface area contributed by atoms with Crippen molar-refractivity contribution in [1.82, 2.24) is 14.3 Å². The molecule has 7 nitrogen and oxygen atoms in total. The van der Waals surface area contributed by atoms with Crippen molar-refractivity contribution in [2.45, 2.75) is 18.0 Å². The van der Waals surface area contributed by atoms with E-state index in [4.69, 9.17) is 11.6 Å². The summed E-state index contributed by atoms with van der Waals surface area (Å²) in [5, 5.41) is -0.355. The van der Waals surface area contributed by atoms with E-state index in [0.29, 0.717) is 0 Å². The van der Waals surface area contributed by atoms with Crippen LogP contribution < -0.4 is 4.72 Å². The third kappa shape index (κ3) is 2.96. The summed E-state index contributed by atoms with van der Waals surface area (Å²) >= 11 is 5.76. The molecule has 0 amide bonds. The van der Waals surface area contributed by atoms with Crippen molar-refractivity contribution in [2.24, 2.45) is 7.05 Å². The molecule has 0 fully saturated rings. The molecule has 0 unspecified atom stereocenters. The summed E-state index contributed by atoms with van der Waals surface area (Å²) < 4.78 is 31.5. The SMILES string of the molecule is COC(=O)[C@H](C)NS(=O)(=O)c1ncn(C)c1Cl. The Morgan fingerprint density at radius 3 is 2.65 bits per heavy atom. The highest BCUT2D eigenvalue weighted by Crippen LogP contribution is 2.18. The Kier molecular flexibility index (Phi) is 4.12. The molecule has 0 aliphatic rings. The largest absolute Gasteiger partial charge is 0.468 e. The second kappa shape index (κ2) is 5.03. The van der Waals surface area contributed by atoms with E-state index in [1.54, 1.807) is 7.05 Å². The third-order valence-electron chi connectivity index (χ3n) is 1.98. The zero-order valence-corrected chi connectivity index (χ0v) is 11.0. The highest BCUT2D eigenvalue weighted by atomic mass is 35.5. The van der Waals surface area contributed by atoms with Crippen LogP contribution in [0.2, 0.25) is 5.15 Å². The average molecular weight is 282 g/mol. The maximum Gasteiger partial charge on any atom is 0.323 e. The predicted octanol–water partition coefficient (Wildman–Crippen LogP) is -0.0867. The van der Waals surface area contributed by atoms with Gasteiger partial charge in [-0.25, -0.2) is 13.4 Å². The summed E-state index contributed by atoms with van der Waals surface area (Å²) in [5.41, 5.74) is 0. The molecule has 1 atom stereocenters. The first-order valence-corrected chi connectivity index (χ1v) is 6.42. The van der Waals surface area contributed by atoms with Crippen molar-refractivity contribution >= 4 is 27.6 Å². The van der Waals surface area contributed by atoms with Gasteiger partial charge in [-0.1, -0.05) is 11.6 Å². The van der Waals surface area contributed by atoms with Gasteiger partial charge in [0, 0.05) is 7.05 Å². The van der Waals surface area contributed by atoms with Crippen LogP contribution >= 0.6 is 11.6 Å². The number of methoxy groups -OCH3 is 1. The number of rotatable bonds is 4. The summed E-state index contributed by atoms with van der Waals surface area (Å²) in [7, 11) is -1.22. The second-order valence-corrected chi connectivity index (χ2v) is 5.30. The van der Waals surface area contributed by atoms with Gasteiger partial charge in [-0.15, -0.1) is 0 Å². The van der Waals surface area contributed by atoms with Gasteiger partial charge in [-0.3, -0.25) is 4.79 Å². The molecule has 1 heterocycles. The lowest BCUT2D eigenvalue weighted by Gasteiger charge is -2.10. The minimum absolute atomic E-state index is 0.0328. The third-order valence-corrected chi connectivity index (χ3v) is 4.00. The van der Waals surface area contributed by atoms with E-state index in [1.807, 2.05) is 0 Å². The highest BCUT2D eigenvalue weighted by Gasteiger charge is 2.27. The van der Waals surface area contributed by atoms with E-state index >= 15 is 0 Å². The van der Waals surface area contributed by atoms with Crippen LogP contribution in [0.4, 0.5) is 0 Å². The molecule has 0 saturated heterocycles. The number of halogens is 1. The summed E-state index contributed by atoms with van der Waals surface area (Å²) in [6.07, 6.45) is 1.26. The molecule has 1 aromatic heterocycles. The number of hydrogen-bond acceptors (Lipinski definition) is 5. The molecule has 96 valence electrons. The van der Waals surface area contributed by atoms with Crippen LogP contribution in [0, 0.1) is 0 Å². The fourth-order valence-corrected chi connectivity index (χ4v) is 2.71. The van der Waals surface area contributed by atoms with Crippen LogP contribution in [0.1, 0.15) is 6.92 Å². The lowest BCUT2D eigenvalue weighted by atomic mass is 10.4. The van der Waals surface area contributed by atoms with Crippen LogP contribution in [0.3, 0.4) is 0 Å². The van der Waals surface area contributed by atoms with Crippen LogP contribution in [-0.2, 0) is 26.6 Å². The van der Waals surface area contributed by atoms with Crippen LogP contribution in [0.15, 0.2) is 11.4 Å². The number of imidazole rings is 1. The summed E-state index contributed by atoms with van der Waals surface area (Å²) in [4.78, 5) is 14.8. The molecule has 0 radical (unpaired) electrons. The van der Waals surface area contributed by atoms with Gasteiger partial charge in [-0.05, 0) is 6.92 Å². The average Bonchev–Trinajstić information content (AvgIpc) is 2.58. The normalized spacial score (nSPS) is 13.4. The number of carbonyl (C=O) groups excluding carboxylic acids is 1. The Labute approximate surface area is 104 Å². The predicted molar refractivity (Wildman–Crippen MR) is 60.0 cm³/mol. The minimum Gasteiger partial charge on any atom is -0.468 e. The fraction of sp³-hybridized carbons (Fsp3) is 0.500. The van der Waals surface area contributed by atoms with Gasteiger partial charge in [0.05, 0.1) is 13.4 Å². The van der Waals surface area contributed by atoms with E-state index in [2.05, 4.69) is 14.4 Å². The van der Waals surface area contributed by atoms with Gasteiger partial charge in [0.15, 0.2) is 0 Å². The number of nitrogens with one attached hydrogen (secondary N) is 1. The molecule has 0 aliphatic carbocycles. The number of hydrogen-bond donors (Lipinski definition) is 1.